The van der Waals surface area contributed by atoms with E-state index in [1.54, 1.807) is 6.20 Å². The standard InChI is InChI=1S/C18H20N6O/c1-24-10-9-20-17(24)14(12-7-8-12)21-18(25)15-13(16(19)23-22-15)11-5-3-2-4-6-11/h2-6,9-10,12,14H,7-8H2,1H3,(H,21,25)(H3,19,22,23)/t14-/m1/s1. The van der Waals surface area contributed by atoms with Crippen LogP contribution in [0.25, 0.3) is 11.1 Å². The summed E-state index contributed by atoms with van der Waals surface area (Å²) in [5.41, 5.74) is 7.86. The van der Waals surface area contributed by atoms with Crippen molar-refractivity contribution >= 4 is 11.7 Å². The fraction of sp³-hybridized carbons (Fsp3) is 0.278. The van der Waals surface area contributed by atoms with Gasteiger partial charge in [-0.25, -0.2) is 4.98 Å². The number of rotatable bonds is 5. The number of nitrogens with two attached hydrogens (primary N) is 1. The summed E-state index contributed by atoms with van der Waals surface area (Å²) in [6.45, 7) is 0. The average molecular weight is 336 g/mol. The molecule has 2 aromatic heterocycles. The van der Waals surface area contributed by atoms with E-state index in [9.17, 15) is 4.79 Å². The first kappa shape index (κ1) is 15.4. The summed E-state index contributed by atoms with van der Waals surface area (Å²) in [6.07, 6.45) is 5.82. The van der Waals surface area contributed by atoms with Crippen molar-refractivity contribution in [2.24, 2.45) is 13.0 Å². The molecule has 1 aromatic carbocycles. The normalized spacial score (nSPS) is 15.1. The van der Waals surface area contributed by atoms with E-state index >= 15 is 0 Å². The molecular weight excluding hydrogens is 316 g/mol. The molecule has 3 aromatic rings. The number of nitrogens with one attached hydrogen (secondary N) is 2. The number of hydrogen-bond donors (Lipinski definition) is 3. The number of carbonyl (C=O) groups excluding carboxylic acids is 1. The third-order valence-corrected chi connectivity index (χ3v) is 4.60. The number of imidazole rings is 1. The fourth-order valence-corrected chi connectivity index (χ4v) is 3.13. The van der Waals surface area contributed by atoms with Crippen LogP contribution < -0.4 is 11.1 Å². The molecule has 7 nitrogen and oxygen atoms in total. The first-order chi connectivity index (χ1) is 12.1. The molecule has 7 heteroatoms. The number of aromatic nitrogens is 4. The van der Waals surface area contributed by atoms with Gasteiger partial charge in [-0.1, -0.05) is 30.3 Å². The molecule has 0 bridgehead atoms. The lowest BCUT2D eigenvalue weighted by molar-refractivity contribution is 0.0924. The van der Waals surface area contributed by atoms with Crippen LogP contribution >= 0.6 is 0 Å². The van der Waals surface area contributed by atoms with Gasteiger partial charge < -0.3 is 15.6 Å². The van der Waals surface area contributed by atoms with E-state index in [0.29, 0.717) is 23.0 Å². The van der Waals surface area contributed by atoms with Crippen LogP contribution in [-0.2, 0) is 7.05 Å². The molecule has 128 valence electrons. The Balaban J connectivity index is 1.65. The van der Waals surface area contributed by atoms with Crippen molar-refractivity contribution in [2.45, 2.75) is 18.9 Å². The summed E-state index contributed by atoms with van der Waals surface area (Å²) in [7, 11) is 1.94. The molecular formula is C18H20N6O. The second-order valence-corrected chi connectivity index (χ2v) is 6.41. The van der Waals surface area contributed by atoms with Crippen molar-refractivity contribution in [1.82, 2.24) is 25.1 Å². The monoisotopic (exact) mass is 336 g/mol. The van der Waals surface area contributed by atoms with Crippen molar-refractivity contribution in [3.8, 4) is 11.1 Å². The van der Waals surface area contributed by atoms with Crippen LogP contribution in [0.5, 0.6) is 0 Å². The maximum absolute atomic E-state index is 12.9. The number of nitrogen functional groups attached to an aromatic ring is 1. The Morgan fingerprint density at radius 2 is 2.12 bits per heavy atom. The molecule has 1 aliphatic rings. The minimum atomic E-state index is -0.219. The van der Waals surface area contributed by atoms with Crippen LogP contribution in [0.4, 0.5) is 5.82 Å². The van der Waals surface area contributed by atoms with Gasteiger partial charge >= 0.3 is 0 Å². The van der Waals surface area contributed by atoms with Gasteiger partial charge in [0.2, 0.25) is 0 Å². The number of carbonyl (C=O) groups is 1. The van der Waals surface area contributed by atoms with E-state index in [0.717, 1.165) is 24.2 Å². The smallest absolute Gasteiger partial charge is 0.270 e. The van der Waals surface area contributed by atoms with E-state index in [1.165, 1.54) is 0 Å². The number of amides is 1. The van der Waals surface area contributed by atoms with Crippen LogP contribution in [0.3, 0.4) is 0 Å². The van der Waals surface area contributed by atoms with Crippen LogP contribution in [0, 0.1) is 5.92 Å². The molecule has 1 atom stereocenters. The molecule has 2 heterocycles. The van der Waals surface area contributed by atoms with Crippen molar-refractivity contribution < 1.29 is 4.79 Å². The predicted molar refractivity (Wildman–Crippen MR) is 94.6 cm³/mol. The number of hydrogen-bond acceptors (Lipinski definition) is 4. The number of H-pyrrole nitrogens is 1. The minimum Gasteiger partial charge on any atom is -0.382 e. The summed E-state index contributed by atoms with van der Waals surface area (Å²) in [4.78, 5) is 17.3. The van der Waals surface area contributed by atoms with Crippen LogP contribution in [0.2, 0.25) is 0 Å². The molecule has 0 unspecified atom stereocenters. The predicted octanol–water partition coefficient (Wildman–Crippen LogP) is 2.27. The Morgan fingerprint density at radius 3 is 2.76 bits per heavy atom. The molecule has 0 spiro atoms. The molecule has 1 saturated carbocycles. The molecule has 25 heavy (non-hydrogen) atoms. The SMILES string of the molecule is Cn1ccnc1[C@H](NC(=O)c1[nH]nc(N)c1-c1ccccc1)C1CC1. The Hall–Kier alpha value is -3.09. The fourth-order valence-electron chi connectivity index (χ4n) is 3.13. The molecule has 1 fully saturated rings. The lowest BCUT2D eigenvalue weighted by Crippen LogP contribution is -2.32. The highest BCUT2D eigenvalue weighted by molar-refractivity contribution is 6.01. The maximum Gasteiger partial charge on any atom is 0.270 e. The van der Waals surface area contributed by atoms with Gasteiger partial charge in [0.1, 0.15) is 11.5 Å². The number of nitrogens with zero attached hydrogens (tertiary/aromatic N) is 3. The van der Waals surface area contributed by atoms with E-state index in [2.05, 4.69) is 20.5 Å². The van der Waals surface area contributed by atoms with Crippen molar-refractivity contribution in [2.75, 3.05) is 5.73 Å². The Bertz CT molecular complexity index is 893. The summed E-state index contributed by atoms with van der Waals surface area (Å²) in [5, 5.41) is 9.93. The molecule has 4 N–H and O–H groups in total. The number of benzene rings is 1. The van der Waals surface area contributed by atoms with Crippen molar-refractivity contribution in [3.63, 3.8) is 0 Å². The lowest BCUT2D eigenvalue weighted by atomic mass is 10.0. The molecule has 1 amide bonds. The molecule has 0 aliphatic heterocycles. The Morgan fingerprint density at radius 1 is 1.36 bits per heavy atom. The van der Waals surface area contributed by atoms with Crippen molar-refractivity contribution in [3.05, 3.63) is 54.2 Å². The first-order valence-corrected chi connectivity index (χ1v) is 8.32. The van der Waals surface area contributed by atoms with Crippen LogP contribution in [0.1, 0.15) is 35.2 Å². The number of aryl methyl sites for hydroxylation is 1. The van der Waals surface area contributed by atoms with E-state index in [4.69, 9.17) is 5.73 Å². The highest BCUT2D eigenvalue weighted by Gasteiger charge is 2.36. The number of anilines is 1. The lowest BCUT2D eigenvalue weighted by Gasteiger charge is -2.18. The van der Waals surface area contributed by atoms with E-state index < -0.39 is 0 Å². The van der Waals surface area contributed by atoms with Gasteiger partial charge in [-0.05, 0) is 24.3 Å². The molecule has 0 saturated heterocycles. The zero-order valence-corrected chi connectivity index (χ0v) is 13.9. The topological polar surface area (TPSA) is 102 Å². The van der Waals surface area contributed by atoms with Gasteiger partial charge in [0.15, 0.2) is 5.82 Å². The highest BCUT2D eigenvalue weighted by Crippen LogP contribution is 2.40. The first-order valence-electron chi connectivity index (χ1n) is 8.32. The third-order valence-electron chi connectivity index (χ3n) is 4.60. The van der Waals surface area contributed by atoms with Gasteiger partial charge in [0, 0.05) is 19.4 Å². The van der Waals surface area contributed by atoms with Gasteiger partial charge in [-0.3, -0.25) is 9.89 Å². The molecule has 0 radical (unpaired) electrons. The van der Waals surface area contributed by atoms with E-state index in [-0.39, 0.29) is 11.9 Å². The zero-order chi connectivity index (χ0) is 17.4. The van der Waals surface area contributed by atoms with Gasteiger partial charge in [0.25, 0.3) is 5.91 Å². The second kappa shape index (κ2) is 6.08. The van der Waals surface area contributed by atoms with Gasteiger partial charge in [-0.2, -0.15) is 5.10 Å². The highest BCUT2D eigenvalue weighted by atomic mass is 16.2. The Kier molecular flexibility index (Phi) is 3.76. The summed E-state index contributed by atoms with van der Waals surface area (Å²) in [6, 6.07) is 9.45. The van der Waals surface area contributed by atoms with Gasteiger partial charge in [0.05, 0.1) is 11.6 Å². The summed E-state index contributed by atoms with van der Waals surface area (Å²) in [5.74, 6) is 1.38. The maximum atomic E-state index is 12.9. The molecule has 4 rings (SSSR count). The average Bonchev–Trinajstić information content (AvgIpc) is 3.26. The van der Waals surface area contributed by atoms with Crippen LogP contribution in [-0.4, -0.2) is 25.7 Å². The largest absolute Gasteiger partial charge is 0.382 e. The summed E-state index contributed by atoms with van der Waals surface area (Å²) >= 11 is 0. The van der Waals surface area contributed by atoms with E-state index in [1.807, 2.05) is 48.1 Å². The third kappa shape index (κ3) is 2.88. The Labute approximate surface area is 145 Å². The summed E-state index contributed by atoms with van der Waals surface area (Å²) < 4.78 is 1.95. The minimum absolute atomic E-state index is 0.111. The van der Waals surface area contributed by atoms with Gasteiger partial charge in [-0.15, -0.1) is 0 Å². The quantitative estimate of drug-likeness (QED) is 0.665. The second-order valence-electron chi connectivity index (χ2n) is 6.41. The zero-order valence-electron chi connectivity index (χ0n) is 13.9. The number of aromatic amines is 1. The molecule has 1 aliphatic carbocycles. The van der Waals surface area contributed by atoms with Crippen LogP contribution in [0.15, 0.2) is 42.7 Å². The van der Waals surface area contributed by atoms with Crippen molar-refractivity contribution in [1.29, 1.82) is 0 Å².